The molecule has 1 aliphatic rings. The molecule has 0 spiro atoms. The first-order chi connectivity index (χ1) is 9.40. The van der Waals surface area contributed by atoms with Gasteiger partial charge in [0, 0.05) is 13.1 Å². The molecule has 1 fully saturated rings. The Labute approximate surface area is 115 Å². The predicted octanol–water partition coefficient (Wildman–Crippen LogP) is -1.51. The number of carbonyl (C=O) groups excluding carboxylic acids is 3. The Kier molecular flexibility index (Phi) is 5.30. The van der Waals surface area contributed by atoms with Crippen molar-refractivity contribution in [3.05, 3.63) is 0 Å². The quantitative estimate of drug-likeness (QED) is 0.607. The van der Waals surface area contributed by atoms with Gasteiger partial charge in [-0.2, -0.15) is 0 Å². The van der Waals surface area contributed by atoms with Crippen molar-refractivity contribution in [2.24, 2.45) is 0 Å². The molecule has 1 rings (SSSR count). The number of hydrogen-bond acceptors (Lipinski definition) is 5. The summed E-state index contributed by atoms with van der Waals surface area (Å²) in [6.07, 6.45) is 0. The summed E-state index contributed by atoms with van der Waals surface area (Å²) in [5, 5.41) is 11.5. The second kappa shape index (κ2) is 6.73. The Hall–Kier alpha value is -2.32. The second-order valence-corrected chi connectivity index (χ2v) is 4.16. The van der Waals surface area contributed by atoms with Crippen LogP contribution in [0.4, 0.5) is 4.79 Å². The molecule has 0 saturated carbocycles. The molecule has 9 heteroatoms. The Morgan fingerprint density at radius 1 is 1.50 bits per heavy atom. The van der Waals surface area contributed by atoms with Crippen molar-refractivity contribution in [3.63, 3.8) is 0 Å². The zero-order valence-electron chi connectivity index (χ0n) is 11.3. The van der Waals surface area contributed by atoms with E-state index in [9.17, 15) is 19.2 Å². The van der Waals surface area contributed by atoms with Crippen LogP contribution in [-0.2, 0) is 19.1 Å². The highest BCUT2D eigenvalue weighted by Crippen LogP contribution is 2.09. The molecule has 0 bridgehead atoms. The summed E-state index contributed by atoms with van der Waals surface area (Å²) in [6, 6.07) is -1.83. The first-order valence-corrected chi connectivity index (χ1v) is 6.02. The van der Waals surface area contributed by atoms with Crippen molar-refractivity contribution < 1.29 is 29.0 Å². The standard InChI is InChI=1S/C11H17N3O6/c1-3-13(6-9(16)20-2)11(19)14-5-8(15)12-4-7(14)10(17)18/h7H,3-6H2,1-2H3,(H,12,15)(H,17,18). The molecule has 0 aliphatic carbocycles. The third-order valence-electron chi connectivity index (χ3n) is 2.91. The molecule has 112 valence electrons. The topological polar surface area (TPSA) is 116 Å². The number of amides is 3. The van der Waals surface area contributed by atoms with Crippen molar-refractivity contribution in [1.29, 1.82) is 0 Å². The maximum Gasteiger partial charge on any atom is 0.328 e. The molecule has 2 N–H and O–H groups in total. The minimum Gasteiger partial charge on any atom is -0.480 e. The highest BCUT2D eigenvalue weighted by molar-refractivity contribution is 5.91. The smallest absolute Gasteiger partial charge is 0.328 e. The Bertz CT molecular complexity index is 424. The molecule has 1 heterocycles. The van der Waals surface area contributed by atoms with Crippen LogP contribution in [0.1, 0.15) is 6.92 Å². The zero-order valence-corrected chi connectivity index (χ0v) is 11.3. The van der Waals surface area contributed by atoms with Crippen molar-refractivity contribution in [2.75, 3.05) is 33.3 Å². The summed E-state index contributed by atoms with van der Waals surface area (Å²) in [7, 11) is 1.19. The number of likely N-dealkylation sites (N-methyl/N-ethyl adjacent to an activating group) is 1. The van der Waals surface area contributed by atoms with E-state index in [1.807, 2.05) is 0 Å². The van der Waals surface area contributed by atoms with E-state index in [0.29, 0.717) is 0 Å². The van der Waals surface area contributed by atoms with Gasteiger partial charge in [-0.3, -0.25) is 14.5 Å². The summed E-state index contributed by atoms with van der Waals surface area (Å²) in [5.74, 6) is -2.27. The van der Waals surface area contributed by atoms with E-state index in [-0.39, 0.29) is 26.2 Å². The number of urea groups is 1. The summed E-state index contributed by atoms with van der Waals surface area (Å²) in [5.41, 5.74) is 0. The van der Waals surface area contributed by atoms with Crippen LogP contribution in [0.2, 0.25) is 0 Å². The third-order valence-corrected chi connectivity index (χ3v) is 2.91. The van der Waals surface area contributed by atoms with Gasteiger partial charge >= 0.3 is 18.0 Å². The van der Waals surface area contributed by atoms with Gasteiger partial charge in [-0.1, -0.05) is 0 Å². The van der Waals surface area contributed by atoms with Gasteiger partial charge < -0.3 is 20.1 Å². The third kappa shape index (κ3) is 3.59. The molecule has 1 aliphatic heterocycles. The van der Waals surface area contributed by atoms with Crippen LogP contribution >= 0.6 is 0 Å². The molecule has 1 atom stereocenters. The molecule has 1 unspecified atom stereocenters. The van der Waals surface area contributed by atoms with Gasteiger partial charge in [0.2, 0.25) is 5.91 Å². The number of rotatable bonds is 4. The van der Waals surface area contributed by atoms with E-state index in [2.05, 4.69) is 10.1 Å². The fraction of sp³-hybridized carbons (Fsp3) is 0.636. The molecular weight excluding hydrogens is 270 g/mol. The molecule has 3 amide bonds. The van der Waals surface area contributed by atoms with Gasteiger partial charge in [-0.05, 0) is 6.92 Å². The fourth-order valence-electron chi connectivity index (χ4n) is 1.78. The number of carboxylic acids is 1. The molecule has 20 heavy (non-hydrogen) atoms. The van der Waals surface area contributed by atoms with Gasteiger partial charge in [0.1, 0.15) is 19.1 Å². The van der Waals surface area contributed by atoms with Gasteiger partial charge in [0.25, 0.3) is 0 Å². The van der Waals surface area contributed by atoms with Crippen molar-refractivity contribution >= 4 is 23.9 Å². The van der Waals surface area contributed by atoms with Crippen LogP contribution < -0.4 is 5.32 Å². The molecule has 0 aromatic carbocycles. The lowest BCUT2D eigenvalue weighted by Gasteiger charge is -2.35. The van der Waals surface area contributed by atoms with Crippen LogP contribution in [0, 0.1) is 0 Å². The molecule has 1 saturated heterocycles. The summed E-state index contributed by atoms with van der Waals surface area (Å²) in [4.78, 5) is 48.0. The number of esters is 1. The summed E-state index contributed by atoms with van der Waals surface area (Å²) in [6.45, 7) is 1.03. The summed E-state index contributed by atoms with van der Waals surface area (Å²) < 4.78 is 4.47. The lowest BCUT2D eigenvalue weighted by molar-refractivity contribution is -0.144. The van der Waals surface area contributed by atoms with Crippen molar-refractivity contribution in [3.8, 4) is 0 Å². The highest BCUT2D eigenvalue weighted by atomic mass is 16.5. The minimum atomic E-state index is -1.22. The van der Waals surface area contributed by atoms with E-state index in [4.69, 9.17) is 5.11 Å². The monoisotopic (exact) mass is 287 g/mol. The number of nitrogens with zero attached hydrogens (tertiary/aromatic N) is 2. The minimum absolute atomic E-state index is 0.157. The van der Waals surface area contributed by atoms with Gasteiger partial charge in [-0.25, -0.2) is 9.59 Å². The van der Waals surface area contributed by atoms with Crippen molar-refractivity contribution in [2.45, 2.75) is 13.0 Å². The number of carboxylic acid groups (broad SMARTS) is 1. The van der Waals surface area contributed by atoms with E-state index in [0.717, 1.165) is 9.80 Å². The number of piperazine rings is 1. The van der Waals surface area contributed by atoms with E-state index >= 15 is 0 Å². The lowest BCUT2D eigenvalue weighted by Crippen LogP contribution is -2.62. The van der Waals surface area contributed by atoms with E-state index in [1.165, 1.54) is 7.11 Å². The number of methoxy groups -OCH3 is 1. The Balaban J connectivity index is 2.86. The SMILES string of the molecule is CCN(CC(=O)OC)C(=O)N1CC(=O)NCC1C(=O)O. The normalized spacial score (nSPS) is 18.2. The Morgan fingerprint density at radius 2 is 2.15 bits per heavy atom. The van der Waals surface area contributed by atoms with Crippen LogP contribution in [0.25, 0.3) is 0 Å². The van der Waals surface area contributed by atoms with Gasteiger partial charge in [-0.15, -0.1) is 0 Å². The zero-order chi connectivity index (χ0) is 15.3. The molecule has 0 aromatic rings. The van der Waals surface area contributed by atoms with Gasteiger partial charge in [0.15, 0.2) is 0 Å². The molecule has 0 aromatic heterocycles. The maximum atomic E-state index is 12.2. The first kappa shape index (κ1) is 15.7. The molecule has 9 nitrogen and oxygen atoms in total. The summed E-state index contributed by atoms with van der Waals surface area (Å²) >= 11 is 0. The largest absolute Gasteiger partial charge is 0.480 e. The average molecular weight is 287 g/mol. The number of ether oxygens (including phenoxy) is 1. The Morgan fingerprint density at radius 3 is 2.65 bits per heavy atom. The van der Waals surface area contributed by atoms with Crippen LogP contribution in [0.5, 0.6) is 0 Å². The highest BCUT2D eigenvalue weighted by Gasteiger charge is 2.37. The average Bonchev–Trinajstić information content (AvgIpc) is 2.43. The number of hydrogen-bond donors (Lipinski definition) is 2. The van der Waals surface area contributed by atoms with Crippen LogP contribution in [0.3, 0.4) is 0 Å². The maximum absolute atomic E-state index is 12.2. The van der Waals surface area contributed by atoms with E-state index in [1.54, 1.807) is 6.92 Å². The number of nitrogens with one attached hydrogen (secondary N) is 1. The fourth-order valence-corrected chi connectivity index (χ4v) is 1.78. The van der Waals surface area contributed by atoms with Gasteiger partial charge in [0.05, 0.1) is 7.11 Å². The predicted molar refractivity (Wildman–Crippen MR) is 65.8 cm³/mol. The molecular formula is C11H17N3O6. The van der Waals surface area contributed by atoms with E-state index < -0.39 is 29.9 Å². The number of aliphatic carboxylic acids is 1. The molecule has 0 radical (unpaired) electrons. The van der Waals surface area contributed by atoms with Crippen LogP contribution in [-0.4, -0.2) is 78.1 Å². The second-order valence-electron chi connectivity index (χ2n) is 4.16. The van der Waals surface area contributed by atoms with Crippen molar-refractivity contribution in [1.82, 2.24) is 15.1 Å². The number of carbonyl (C=O) groups is 4. The van der Waals surface area contributed by atoms with Crippen LogP contribution in [0.15, 0.2) is 0 Å². The first-order valence-electron chi connectivity index (χ1n) is 6.02. The lowest BCUT2D eigenvalue weighted by atomic mass is 10.2.